The maximum atomic E-state index is 13.9. The third kappa shape index (κ3) is 10.9. The smallest absolute Gasteiger partial charge is 0.350 e. The topological polar surface area (TPSA) is 181 Å². The summed E-state index contributed by atoms with van der Waals surface area (Å²) in [5.74, 6) is -3.03. The average molecular weight is 927 g/mol. The van der Waals surface area contributed by atoms with E-state index in [4.69, 9.17) is 46.7 Å². The highest BCUT2D eigenvalue weighted by molar-refractivity contribution is 6.73. The molecular formula is C50H58O15Si. The molecule has 66 heavy (non-hydrogen) atoms. The molecule has 3 aliphatic rings. The first-order chi connectivity index (χ1) is 31.5. The first kappa shape index (κ1) is 48.6. The van der Waals surface area contributed by atoms with Gasteiger partial charge in [-0.25, -0.2) is 14.4 Å². The monoisotopic (exact) mass is 926 g/mol. The van der Waals surface area contributed by atoms with Crippen LogP contribution in [0.5, 0.6) is 0 Å². The zero-order chi connectivity index (χ0) is 47.2. The van der Waals surface area contributed by atoms with Gasteiger partial charge in [0, 0.05) is 17.0 Å². The lowest BCUT2D eigenvalue weighted by Gasteiger charge is -2.55. The van der Waals surface area contributed by atoms with Crippen LogP contribution >= 0.6 is 0 Å². The molecule has 3 fully saturated rings. The molecule has 0 radical (unpaired) electrons. The molecule has 3 saturated heterocycles. The number of aliphatic hydroxyl groups excluding tert-OH is 1. The van der Waals surface area contributed by atoms with E-state index in [1.807, 2.05) is 30.3 Å². The van der Waals surface area contributed by atoms with E-state index < -0.39 is 111 Å². The zero-order valence-electron chi connectivity index (χ0n) is 38.1. The van der Waals surface area contributed by atoms with Gasteiger partial charge < -0.3 is 51.9 Å². The minimum absolute atomic E-state index is 0.133. The van der Waals surface area contributed by atoms with Gasteiger partial charge in [0.25, 0.3) is 0 Å². The lowest BCUT2D eigenvalue weighted by atomic mass is 9.97. The first-order valence-electron chi connectivity index (χ1n) is 22.0. The molecule has 3 aliphatic heterocycles. The number of hydrogen-bond donors (Lipinski definition) is 1. The lowest BCUT2D eigenvalue weighted by molar-refractivity contribution is -0.296. The molecule has 10 atom stereocenters. The van der Waals surface area contributed by atoms with Gasteiger partial charge in [-0.15, -0.1) is 0 Å². The molecule has 3 heterocycles. The van der Waals surface area contributed by atoms with Crippen LogP contribution in [0.25, 0.3) is 0 Å². The number of carbonyl (C=O) groups excluding carboxylic acids is 4. The van der Waals surface area contributed by atoms with Crippen molar-refractivity contribution in [3.63, 3.8) is 0 Å². The number of rotatable bonds is 14. The highest BCUT2D eigenvalue weighted by Gasteiger charge is 2.68. The Morgan fingerprint density at radius 1 is 0.545 bits per heavy atom. The fourth-order valence-corrected chi connectivity index (χ4v) is 13.7. The van der Waals surface area contributed by atoms with Gasteiger partial charge in [0.15, 0.2) is 30.9 Å². The molecule has 0 spiro atoms. The second-order valence-corrected chi connectivity index (χ2v) is 23.2. The Morgan fingerprint density at radius 2 is 1.02 bits per heavy atom. The summed E-state index contributed by atoms with van der Waals surface area (Å²) in [6.45, 7) is 13.2. The highest BCUT2D eigenvalue weighted by Crippen LogP contribution is 2.57. The third-order valence-corrected chi connectivity index (χ3v) is 16.9. The summed E-state index contributed by atoms with van der Waals surface area (Å²) in [7, 11) is -3.32. The van der Waals surface area contributed by atoms with Crippen molar-refractivity contribution < 1.29 is 71.0 Å². The quantitative estimate of drug-likeness (QED) is 0.0768. The summed E-state index contributed by atoms with van der Waals surface area (Å²) in [4.78, 5) is 53.6. The normalized spacial score (nSPS) is 27.2. The van der Waals surface area contributed by atoms with Crippen molar-refractivity contribution in [2.45, 2.75) is 127 Å². The van der Waals surface area contributed by atoms with Crippen molar-refractivity contribution in [3.05, 3.63) is 144 Å². The minimum Gasteiger partial charge on any atom is -0.463 e. The first-order valence-corrected chi connectivity index (χ1v) is 23.8. The molecule has 4 aromatic carbocycles. The van der Waals surface area contributed by atoms with E-state index in [1.54, 1.807) is 66.7 Å². The Hall–Kier alpha value is -5.30. The summed E-state index contributed by atoms with van der Waals surface area (Å²) < 4.78 is 63.9. The van der Waals surface area contributed by atoms with Crippen LogP contribution in [0.3, 0.4) is 0 Å². The summed E-state index contributed by atoms with van der Waals surface area (Å²) in [6.07, 6.45) is -12.7. The highest BCUT2D eigenvalue weighted by atomic mass is 28.4. The van der Waals surface area contributed by atoms with Crippen LogP contribution in [0.15, 0.2) is 121 Å². The van der Waals surface area contributed by atoms with E-state index >= 15 is 0 Å². The van der Waals surface area contributed by atoms with Crippen LogP contribution in [0, 0.1) is 0 Å². The standard InChI is InChI=1S/C50H58O15Si/c1-31(51)56-30-37-39-41(65-66(64-37,49(2,3)4)50(5,6)7)43(57-28-32-20-12-8-13-21-32)48(63-39)58-29-36-38(60-44(52)33-22-14-9-15-23-33)40(61-45(53)34-24-16-10-17-25-34)42(47(55)59-36)62-46(54)35-26-18-11-19-27-35/h8-27,36-43,47-48,55H,28-30H2,1-7H3/t36-,37-,38-,39+,40+,41+,42+,43-,47+,48?/m1/s1. The van der Waals surface area contributed by atoms with Crippen LogP contribution in [0.1, 0.15) is 85.1 Å². The van der Waals surface area contributed by atoms with Gasteiger partial charge in [0.05, 0.1) is 29.9 Å². The number of aliphatic hydroxyl groups is 1. The van der Waals surface area contributed by atoms with Crippen molar-refractivity contribution in [2.75, 3.05) is 13.2 Å². The predicted molar refractivity (Wildman–Crippen MR) is 239 cm³/mol. The Morgan fingerprint density at radius 3 is 1.50 bits per heavy atom. The largest absolute Gasteiger partial charge is 0.463 e. The fraction of sp³-hybridized carbons (Fsp3) is 0.440. The molecule has 1 N–H and O–H groups in total. The van der Waals surface area contributed by atoms with Gasteiger partial charge in [-0.05, 0) is 42.0 Å². The van der Waals surface area contributed by atoms with Crippen LogP contribution in [0.2, 0.25) is 10.1 Å². The molecule has 0 saturated carbocycles. The molecule has 15 nitrogen and oxygen atoms in total. The fourth-order valence-electron chi connectivity index (χ4n) is 8.74. The van der Waals surface area contributed by atoms with Crippen molar-refractivity contribution >= 4 is 32.4 Å². The molecule has 0 aromatic heterocycles. The molecule has 352 valence electrons. The minimum atomic E-state index is -3.32. The maximum Gasteiger partial charge on any atom is 0.350 e. The van der Waals surface area contributed by atoms with E-state index in [-0.39, 0.29) is 29.9 Å². The van der Waals surface area contributed by atoms with E-state index in [9.17, 15) is 24.3 Å². The van der Waals surface area contributed by atoms with E-state index in [0.29, 0.717) is 0 Å². The van der Waals surface area contributed by atoms with Gasteiger partial charge in [-0.2, -0.15) is 0 Å². The number of fused-ring (bicyclic) bond motifs is 1. The Kier molecular flexibility index (Phi) is 15.2. The second-order valence-electron chi connectivity index (χ2n) is 18.5. The van der Waals surface area contributed by atoms with Gasteiger partial charge in [-0.3, -0.25) is 4.79 Å². The Labute approximate surface area is 385 Å². The van der Waals surface area contributed by atoms with Gasteiger partial charge in [0.2, 0.25) is 0 Å². The summed E-state index contributed by atoms with van der Waals surface area (Å²) >= 11 is 0. The Bertz CT molecular complexity index is 2240. The Balaban J connectivity index is 1.24. The summed E-state index contributed by atoms with van der Waals surface area (Å²) in [5.41, 5.74) is 1.31. The van der Waals surface area contributed by atoms with Gasteiger partial charge in [-0.1, -0.05) is 126 Å². The van der Waals surface area contributed by atoms with Crippen LogP contribution in [-0.4, -0.2) is 112 Å². The molecular weight excluding hydrogens is 869 g/mol. The van der Waals surface area contributed by atoms with Crippen LogP contribution < -0.4 is 0 Å². The SMILES string of the molecule is CC(=O)OC[C@H]1O[Si](C(C)(C)C)(C(C)(C)C)O[C@H]2[C@H]1OC(OC[C@H]1O[C@H](O)[C@@H](OC(=O)c3ccccc3)[C@@H](OC(=O)c3ccccc3)[C@@H]1OC(=O)c1ccccc1)[C@@H]2OCc1ccccc1. The van der Waals surface area contributed by atoms with Gasteiger partial charge in [0.1, 0.15) is 37.1 Å². The van der Waals surface area contributed by atoms with E-state index in [1.165, 1.54) is 31.2 Å². The molecule has 1 unspecified atom stereocenters. The average Bonchev–Trinajstić information content (AvgIpc) is 3.66. The zero-order valence-corrected chi connectivity index (χ0v) is 39.1. The maximum absolute atomic E-state index is 13.9. The second kappa shape index (κ2) is 20.7. The van der Waals surface area contributed by atoms with Crippen LogP contribution in [-0.2, 0) is 58.1 Å². The molecule has 0 bridgehead atoms. The van der Waals surface area contributed by atoms with Crippen molar-refractivity contribution in [1.29, 1.82) is 0 Å². The lowest BCUT2D eigenvalue weighted by Crippen LogP contribution is -2.68. The number of benzene rings is 4. The number of hydrogen-bond acceptors (Lipinski definition) is 15. The molecule has 0 amide bonds. The summed E-state index contributed by atoms with van der Waals surface area (Å²) in [6, 6.07) is 33.7. The number of ether oxygens (including phenoxy) is 8. The van der Waals surface area contributed by atoms with Crippen molar-refractivity contribution in [2.24, 2.45) is 0 Å². The number of carbonyl (C=O) groups is 4. The molecule has 0 aliphatic carbocycles. The van der Waals surface area contributed by atoms with Gasteiger partial charge >= 0.3 is 32.4 Å². The van der Waals surface area contributed by atoms with Crippen LogP contribution in [0.4, 0.5) is 0 Å². The van der Waals surface area contributed by atoms with Crippen molar-refractivity contribution in [3.8, 4) is 0 Å². The number of esters is 4. The third-order valence-electron chi connectivity index (χ3n) is 11.7. The van der Waals surface area contributed by atoms with Crippen molar-refractivity contribution in [1.82, 2.24) is 0 Å². The molecule has 7 rings (SSSR count). The van der Waals surface area contributed by atoms with E-state index in [2.05, 4.69) is 41.5 Å². The molecule has 4 aromatic rings. The molecule has 16 heteroatoms. The summed E-state index contributed by atoms with van der Waals surface area (Å²) in [5, 5.41) is 10.7. The predicted octanol–water partition coefficient (Wildman–Crippen LogP) is 7.10. The van der Waals surface area contributed by atoms with E-state index in [0.717, 1.165) is 5.56 Å².